The van der Waals surface area contributed by atoms with Crippen molar-refractivity contribution >= 4 is 106 Å². The molecular weight excluding hydrogens is 804 g/mol. The molecule has 44 heavy (non-hydrogen) atoms. The number of carbonyl (C=O) groups excluding carboxylic acids is 2. The van der Waals surface area contributed by atoms with Crippen LogP contribution in [0.15, 0.2) is 106 Å². The van der Waals surface area contributed by atoms with Crippen molar-refractivity contribution in [1.82, 2.24) is 4.90 Å². The van der Waals surface area contributed by atoms with E-state index in [2.05, 4.69) is 63.3 Å². The van der Waals surface area contributed by atoms with Gasteiger partial charge in [0.2, 0.25) is 0 Å². The molecule has 1 aliphatic rings. The van der Waals surface area contributed by atoms with Crippen molar-refractivity contribution in [3.05, 3.63) is 113 Å². The van der Waals surface area contributed by atoms with Crippen LogP contribution in [0.2, 0.25) is 5.02 Å². The molecule has 1 fully saturated rings. The number of amides is 2. The smallest absolute Gasteiger partial charge is 0.267 e. The molecule has 5 rings (SSSR count). The Morgan fingerprint density at radius 3 is 2.59 bits per heavy atom. The highest BCUT2D eigenvalue weighted by molar-refractivity contribution is 9.11. The molecule has 3 aromatic carbocycles. The molecule has 0 aliphatic carbocycles. The van der Waals surface area contributed by atoms with Gasteiger partial charge in [0.05, 0.1) is 28.4 Å². The number of aromatic hydroxyl groups is 1. The molecule has 1 aliphatic heterocycles. The van der Waals surface area contributed by atoms with Crippen LogP contribution >= 0.6 is 71.2 Å². The zero-order valence-corrected chi connectivity index (χ0v) is 28.7. The first kappa shape index (κ1) is 32.0. The highest BCUT2D eigenvalue weighted by atomic mass is 79.9. The van der Waals surface area contributed by atoms with Crippen molar-refractivity contribution in [2.45, 2.75) is 6.54 Å². The van der Waals surface area contributed by atoms with Gasteiger partial charge in [-0.25, -0.2) is 0 Å². The van der Waals surface area contributed by atoms with E-state index in [-0.39, 0.29) is 30.7 Å². The number of thioether (sulfide) groups is 1. The predicted octanol–water partition coefficient (Wildman–Crippen LogP) is 8.45. The van der Waals surface area contributed by atoms with E-state index in [9.17, 15) is 14.7 Å². The second-order valence-corrected chi connectivity index (χ2v) is 13.2. The number of benzene rings is 3. The number of rotatable bonds is 9. The molecule has 0 unspecified atom stereocenters. The topological polar surface area (TPSA) is 117 Å². The summed E-state index contributed by atoms with van der Waals surface area (Å²) in [5.74, 6) is 0.283. The summed E-state index contributed by atoms with van der Waals surface area (Å²) >= 11 is 17.2. The zero-order valence-electron chi connectivity index (χ0n) is 22.3. The third-order valence-electron chi connectivity index (χ3n) is 5.93. The minimum absolute atomic E-state index is 0.00404. The van der Waals surface area contributed by atoms with Crippen molar-refractivity contribution in [2.75, 3.05) is 11.9 Å². The molecule has 4 aromatic rings. The van der Waals surface area contributed by atoms with Crippen LogP contribution in [0, 0.1) is 0 Å². The highest BCUT2D eigenvalue weighted by Crippen LogP contribution is 2.36. The third-order valence-corrected chi connectivity index (χ3v) is 8.73. The summed E-state index contributed by atoms with van der Waals surface area (Å²) in [5.41, 5.74) is 1.58. The van der Waals surface area contributed by atoms with Crippen molar-refractivity contribution in [2.24, 2.45) is 10.2 Å². The molecule has 2 N–H and O–H groups in total. The number of phenols is 1. The van der Waals surface area contributed by atoms with Crippen LogP contribution < -0.4 is 10.1 Å². The average Bonchev–Trinajstić information content (AvgIpc) is 3.60. The standard InChI is InChI=1S/C30H20Br3ClN4O5S/c31-19-3-8-25(43-16-27(39)36-22-6-4-21(34)5-7-22)17(10-19)12-26-29(41)38(15-23-2-1-9-42-23)30(44-26)37-35-14-18-11-20(32)13-24(33)28(18)40/h1-14,40H,15-16H2,(H,36,39)/b26-12-,35-14-,37-30+. The molecule has 0 saturated carbocycles. The number of anilines is 1. The summed E-state index contributed by atoms with van der Waals surface area (Å²) < 4.78 is 13.3. The maximum Gasteiger partial charge on any atom is 0.267 e. The second-order valence-electron chi connectivity index (χ2n) is 9.06. The summed E-state index contributed by atoms with van der Waals surface area (Å²) in [6.45, 7) is -0.128. The number of halogens is 4. The number of ether oxygens (including phenoxy) is 1. The molecule has 0 spiro atoms. The summed E-state index contributed by atoms with van der Waals surface area (Å²) in [7, 11) is 0. The lowest BCUT2D eigenvalue weighted by molar-refractivity contribution is -0.122. The first-order valence-corrected chi connectivity index (χ1v) is 16.2. The fraction of sp³-hybridized carbons (Fsp3) is 0.0667. The number of carbonyl (C=O) groups is 2. The Kier molecular flexibility index (Phi) is 10.6. The molecule has 0 bridgehead atoms. The molecule has 1 aromatic heterocycles. The predicted molar refractivity (Wildman–Crippen MR) is 183 cm³/mol. The van der Waals surface area contributed by atoms with Crippen LogP contribution in [-0.4, -0.2) is 39.8 Å². The van der Waals surface area contributed by atoms with Gasteiger partial charge in [0.25, 0.3) is 11.8 Å². The number of nitrogens with zero attached hydrogens (tertiary/aromatic N) is 3. The quantitative estimate of drug-likeness (QED) is 0.0995. The van der Waals surface area contributed by atoms with Crippen LogP contribution in [0.5, 0.6) is 11.5 Å². The van der Waals surface area contributed by atoms with E-state index in [1.54, 1.807) is 72.8 Å². The molecule has 14 heteroatoms. The molecule has 2 heterocycles. The van der Waals surface area contributed by atoms with E-state index in [0.717, 1.165) is 20.7 Å². The van der Waals surface area contributed by atoms with Gasteiger partial charge in [0, 0.05) is 30.8 Å². The van der Waals surface area contributed by atoms with E-state index in [0.29, 0.717) is 47.9 Å². The fourth-order valence-electron chi connectivity index (χ4n) is 3.88. The monoisotopic (exact) mass is 820 g/mol. The van der Waals surface area contributed by atoms with Crippen molar-refractivity contribution in [3.63, 3.8) is 0 Å². The van der Waals surface area contributed by atoms with E-state index in [1.165, 1.54) is 17.4 Å². The van der Waals surface area contributed by atoms with Crippen LogP contribution in [-0.2, 0) is 16.1 Å². The lowest BCUT2D eigenvalue weighted by atomic mass is 10.2. The Bertz CT molecular complexity index is 1800. The van der Waals surface area contributed by atoms with E-state index in [4.69, 9.17) is 20.8 Å². The number of hydrogen-bond donors (Lipinski definition) is 2. The van der Waals surface area contributed by atoms with Gasteiger partial charge in [-0.3, -0.25) is 14.5 Å². The van der Waals surface area contributed by atoms with E-state index in [1.807, 2.05) is 0 Å². The molecule has 0 atom stereocenters. The lowest BCUT2D eigenvalue weighted by Gasteiger charge is -2.13. The number of furan rings is 1. The largest absolute Gasteiger partial charge is 0.506 e. The number of nitrogens with one attached hydrogen (secondary N) is 1. The Morgan fingerprint density at radius 1 is 1.07 bits per heavy atom. The van der Waals surface area contributed by atoms with Gasteiger partial charge in [-0.05, 0) is 100 Å². The average molecular weight is 824 g/mol. The first-order valence-electron chi connectivity index (χ1n) is 12.7. The van der Waals surface area contributed by atoms with Gasteiger partial charge in [-0.1, -0.05) is 43.5 Å². The summed E-state index contributed by atoms with van der Waals surface area (Å²) in [5, 5.41) is 22.4. The number of amidine groups is 1. The van der Waals surface area contributed by atoms with Crippen molar-refractivity contribution in [3.8, 4) is 11.5 Å². The maximum absolute atomic E-state index is 13.6. The first-order chi connectivity index (χ1) is 21.2. The van der Waals surface area contributed by atoms with E-state index >= 15 is 0 Å². The van der Waals surface area contributed by atoms with Gasteiger partial charge in [-0.15, -0.1) is 5.10 Å². The minimum atomic E-state index is -0.361. The van der Waals surface area contributed by atoms with Gasteiger partial charge < -0.3 is 19.6 Å². The Morgan fingerprint density at radius 2 is 1.84 bits per heavy atom. The second kappa shape index (κ2) is 14.6. The Balaban J connectivity index is 1.39. The number of hydrogen-bond acceptors (Lipinski definition) is 8. The van der Waals surface area contributed by atoms with E-state index < -0.39 is 0 Å². The Labute approximate surface area is 286 Å². The van der Waals surface area contributed by atoms with Crippen molar-refractivity contribution in [1.29, 1.82) is 0 Å². The fourth-order valence-corrected chi connectivity index (χ4v) is 6.57. The highest BCUT2D eigenvalue weighted by Gasteiger charge is 2.34. The Hall–Kier alpha value is -3.36. The van der Waals surface area contributed by atoms with Crippen LogP contribution in [0.25, 0.3) is 6.08 Å². The molecule has 2 amide bonds. The van der Waals surface area contributed by atoms with Gasteiger partial charge in [-0.2, -0.15) is 5.10 Å². The molecule has 224 valence electrons. The van der Waals surface area contributed by atoms with Crippen LogP contribution in [0.4, 0.5) is 5.69 Å². The van der Waals surface area contributed by atoms with Crippen LogP contribution in [0.3, 0.4) is 0 Å². The van der Waals surface area contributed by atoms with Gasteiger partial charge in [0.1, 0.15) is 17.3 Å². The summed E-state index contributed by atoms with van der Waals surface area (Å²) in [6, 6.07) is 18.9. The zero-order chi connectivity index (χ0) is 31.2. The van der Waals surface area contributed by atoms with Crippen LogP contribution in [0.1, 0.15) is 16.9 Å². The molecule has 0 radical (unpaired) electrons. The van der Waals surface area contributed by atoms with Crippen molar-refractivity contribution < 1.29 is 23.8 Å². The van der Waals surface area contributed by atoms with Gasteiger partial charge >= 0.3 is 0 Å². The minimum Gasteiger partial charge on any atom is -0.506 e. The summed E-state index contributed by atoms with van der Waals surface area (Å²) in [4.78, 5) is 27.9. The normalized spacial score (nSPS) is 15.1. The molecular formula is C30H20Br3ClN4O5S. The van der Waals surface area contributed by atoms with Gasteiger partial charge in [0.15, 0.2) is 11.8 Å². The molecule has 1 saturated heterocycles. The third kappa shape index (κ3) is 8.21. The number of phenolic OH excluding ortho intramolecular Hbond substituents is 1. The molecule has 9 nitrogen and oxygen atoms in total. The lowest BCUT2D eigenvalue weighted by Crippen LogP contribution is -2.28. The summed E-state index contributed by atoms with van der Waals surface area (Å²) in [6.07, 6.45) is 4.59. The SMILES string of the molecule is O=C(COc1ccc(Br)cc1/C=C1\S/C(=N/N=C\c2cc(Br)cc(Br)c2O)N(Cc2ccco2)C1=O)Nc1ccc(Cl)cc1. The maximum atomic E-state index is 13.6.